The Labute approximate surface area is 64.1 Å². The molecule has 1 heterocycles. The monoisotopic (exact) mass is 226 g/mol. The van der Waals surface area contributed by atoms with E-state index in [0.29, 0.717) is 0 Å². The summed E-state index contributed by atoms with van der Waals surface area (Å²) in [6, 6.07) is 0.742. The summed E-state index contributed by atoms with van der Waals surface area (Å²) in [6.45, 7) is 2.45. The molecule has 0 amide bonds. The van der Waals surface area contributed by atoms with Crippen LogP contribution in [0.4, 0.5) is 0 Å². The fraction of sp³-hybridized carbons (Fsp3) is 1.00. The van der Waals surface area contributed by atoms with Gasteiger partial charge in [-0.1, -0.05) is 0 Å². The average Bonchev–Trinajstić information content (AvgIpc) is 2.14. The maximum atomic E-state index is 3.25. The first-order valence-electron chi connectivity index (χ1n) is 2.91. The number of hydrogen-bond donors (Lipinski definition) is 1. The number of rotatable bonds is 1. The second-order valence-corrected chi connectivity index (χ2v) is 3.51. The van der Waals surface area contributed by atoms with E-state index in [4.69, 9.17) is 0 Å². The smallest absolute Gasteiger partial charge is 0.0235 e. The zero-order chi connectivity index (χ0) is 5.98. The molecule has 0 radical (unpaired) electrons. The summed E-state index contributed by atoms with van der Waals surface area (Å²) < 4.78 is 2.32. The topological polar surface area (TPSA) is 15.3 Å². The van der Waals surface area contributed by atoms with Gasteiger partial charge in [-0.3, -0.25) is 0 Å². The first-order chi connectivity index (χ1) is 3.83. The van der Waals surface area contributed by atoms with Gasteiger partial charge in [0.05, 0.1) is 0 Å². The first-order valence-corrected chi connectivity index (χ1v) is 3.87. The van der Waals surface area contributed by atoms with Crippen LogP contribution in [0.3, 0.4) is 0 Å². The summed E-state index contributed by atoms with van der Waals surface area (Å²) in [4.78, 5) is 0. The van der Waals surface area contributed by atoms with Crippen LogP contribution in [-0.4, -0.2) is 29.3 Å². The van der Waals surface area contributed by atoms with Crippen molar-refractivity contribution in [2.24, 2.45) is 0 Å². The van der Waals surface area contributed by atoms with Gasteiger partial charge in [-0.25, -0.2) is 3.11 Å². The Morgan fingerprint density at radius 1 is 1.75 bits per heavy atom. The first kappa shape index (κ1) is 6.77. The highest BCUT2D eigenvalue weighted by Gasteiger charge is 2.17. The second kappa shape index (κ2) is 2.98. The van der Waals surface area contributed by atoms with Crippen molar-refractivity contribution in [3.05, 3.63) is 0 Å². The van der Waals surface area contributed by atoms with Crippen LogP contribution >= 0.6 is 22.9 Å². The van der Waals surface area contributed by atoms with Crippen molar-refractivity contribution in [3.8, 4) is 0 Å². The van der Waals surface area contributed by atoms with Crippen molar-refractivity contribution in [1.29, 1.82) is 0 Å². The lowest BCUT2D eigenvalue weighted by atomic mass is 10.3. The van der Waals surface area contributed by atoms with Crippen molar-refractivity contribution < 1.29 is 0 Å². The minimum absolute atomic E-state index is 0.742. The molecule has 1 rings (SSSR count). The largest absolute Gasteiger partial charge is 0.316 e. The molecule has 8 heavy (non-hydrogen) atoms. The number of nitrogens with one attached hydrogen (secondary N) is 1. The van der Waals surface area contributed by atoms with Gasteiger partial charge >= 0.3 is 0 Å². The van der Waals surface area contributed by atoms with E-state index < -0.39 is 0 Å². The molecule has 48 valence electrons. The summed E-state index contributed by atoms with van der Waals surface area (Å²) in [7, 11) is 2.03. The Hall–Kier alpha value is 0.650. The maximum absolute atomic E-state index is 3.25. The van der Waals surface area contributed by atoms with E-state index in [1.165, 1.54) is 19.5 Å². The van der Waals surface area contributed by atoms with Crippen molar-refractivity contribution in [2.75, 3.05) is 20.1 Å². The highest BCUT2D eigenvalue weighted by Crippen LogP contribution is 2.11. The van der Waals surface area contributed by atoms with Crippen molar-refractivity contribution >= 4 is 22.9 Å². The van der Waals surface area contributed by atoms with Crippen molar-refractivity contribution in [1.82, 2.24) is 8.43 Å². The zero-order valence-corrected chi connectivity index (χ0v) is 7.18. The van der Waals surface area contributed by atoms with Crippen LogP contribution in [0.15, 0.2) is 0 Å². The molecular weight excluding hydrogens is 215 g/mol. The number of hydrogen-bond acceptors (Lipinski definition) is 2. The van der Waals surface area contributed by atoms with Gasteiger partial charge in [0.15, 0.2) is 0 Å². The predicted octanol–water partition coefficient (Wildman–Crippen LogP) is 0.630. The van der Waals surface area contributed by atoms with Crippen molar-refractivity contribution in [3.63, 3.8) is 0 Å². The van der Waals surface area contributed by atoms with E-state index in [0.717, 1.165) is 6.04 Å². The van der Waals surface area contributed by atoms with Gasteiger partial charge in [-0.15, -0.1) is 0 Å². The molecule has 0 aromatic carbocycles. The second-order valence-electron chi connectivity index (χ2n) is 2.14. The Bertz CT molecular complexity index is 76.8. The average molecular weight is 226 g/mol. The van der Waals surface area contributed by atoms with Crippen LogP contribution in [0.5, 0.6) is 0 Å². The number of likely N-dealkylation sites (N-methyl/N-ethyl adjacent to an activating group) is 1. The molecule has 1 unspecified atom stereocenters. The van der Waals surface area contributed by atoms with Crippen LogP contribution < -0.4 is 5.32 Å². The molecule has 0 aromatic rings. The molecule has 1 N–H and O–H groups in total. The molecule has 1 atom stereocenters. The van der Waals surface area contributed by atoms with Gasteiger partial charge in [-0.2, -0.15) is 0 Å². The number of halogens is 1. The summed E-state index contributed by atoms with van der Waals surface area (Å²) in [5, 5.41) is 3.25. The fourth-order valence-electron chi connectivity index (χ4n) is 0.953. The number of nitrogens with zero attached hydrogens (tertiary/aromatic N) is 1. The van der Waals surface area contributed by atoms with Gasteiger partial charge in [0, 0.05) is 42.0 Å². The van der Waals surface area contributed by atoms with Gasteiger partial charge in [0.25, 0.3) is 0 Å². The fourth-order valence-corrected chi connectivity index (χ4v) is 1.71. The van der Waals surface area contributed by atoms with E-state index in [2.05, 4.69) is 31.3 Å². The quantitative estimate of drug-likeness (QED) is 0.521. The van der Waals surface area contributed by atoms with Gasteiger partial charge in [0.1, 0.15) is 0 Å². The van der Waals surface area contributed by atoms with E-state index in [1.807, 2.05) is 7.05 Å². The molecule has 2 nitrogen and oxygen atoms in total. The molecule has 1 saturated heterocycles. The maximum Gasteiger partial charge on any atom is 0.0235 e. The molecular formula is C5H11IN2. The summed E-state index contributed by atoms with van der Waals surface area (Å²) in [6.07, 6.45) is 1.30. The Kier molecular flexibility index (Phi) is 2.52. The highest BCUT2D eigenvalue weighted by molar-refractivity contribution is 14.1. The summed E-state index contributed by atoms with van der Waals surface area (Å²) >= 11 is 2.36. The van der Waals surface area contributed by atoms with Crippen LogP contribution in [0, 0.1) is 0 Å². The molecule has 0 bridgehead atoms. The Morgan fingerprint density at radius 2 is 2.50 bits per heavy atom. The SMILES string of the molecule is CNC1CCN(I)C1. The normalized spacial score (nSPS) is 31.5. The van der Waals surface area contributed by atoms with Gasteiger partial charge in [0.2, 0.25) is 0 Å². The van der Waals surface area contributed by atoms with Gasteiger partial charge < -0.3 is 5.32 Å². The molecule has 1 aliphatic rings. The molecule has 0 aromatic heterocycles. The molecule has 1 aliphatic heterocycles. The standard InChI is InChI=1S/C5H11IN2/c1-7-5-2-3-8(6)4-5/h5,7H,2-4H2,1H3. The van der Waals surface area contributed by atoms with Gasteiger partial charge in [-0.05, 0) is 13.5 Å². The summed E-state index contributed by atoms with van der Waals surface area (Å²) in [5.41, 5.74) is 0. The minimum atomic E-state index is 0.742. The lowest BCUT2D eigenvalue weighted by molar-refractivity contribution is 0.569. The Balaban J connectivity index is 2.22. The molecule has 3 heteroatoms. The van der Waals surface area contributed by atoms with E-state index >= 15 is 0 Å². The predicted molar refractivity (Wildman–Crippen MR) is 43.1 cm³/mol. The lowest BCUT2D eigenvalue weighted by Crippen LogP contribution is -2.26. The third kappa shape index (κ3) is 1.56. The van der Waals surface area contributed by atoms with E-state index in [-0.39, 0.29) is 0 Å². The van der Waals surface area contributed by atoms with Crippen LogP contribution in [0.25, 0.3) is 0 Å². The molecule has 0 aliphatic carbocycles. The van der Waals surface area contributed by atoms with Crippen LogP contribution in [0.2, 0.25) is 0 Å². The van der Waals surface area contributed by atoms with E-state index in [9.17, 15) is 0 Å². The molecule has 0 spiro atoms. The lowest BCUT2D eigenvalue weighted by Gasteiger charge is -2.05. The van der Waals surface area contributed by atoms with Crippen LogP contribution in [-0.2, 0) is 0 Å². The minimum Gasteiger partial charge on any atom is -0.316 e. The molecule has 1 fully saturated rings. The highest BCUT2D eigenvalue weighted by atomic mass is 127. The Morgan fingerprint density at radius 3 is 2.75 bits per heavy atom. The third-order valence-corrected chi connectivity index (χ3v) is 2.42. The van der Waals surface area contributed by atoms with E-state index in [1.54, 1.807) is 0 Å². The van der Waals surface area contributed by atoms with Crippen LogP contribution in [0.1, 0.15) is 6.42 Å². The summed E-state index contributed by atoms with van der Waals surface area (Å²) in [5.74, 6) is 0. The van der Waals surface area contributed by atoms with Crippen molar-refractivity contribution in [2.45, 2.75) is 12.5 Å². The zero-order valence-electron chi connectivity index (χ0n) is 5.02. The molecule has 0 saturated carbocycles. The third-order valence-electron chi connectivity index (χ3n) is 1.55.